The lowest BCUT2D eigenvalue weighted by Gasteiger charge is -2.56. The van der Waals surface area contributed by atoms with Gasteiger partial charge in [-0.2, -0.15) is 5.10 Å². The highest BCUT2D eigenvalue weighted by Crippen LogP contribution is 2.61. The molecule has 4 heterocycles. The van der Waals surface area contributed by atoms with Crippen LogP contribution in [0.3, 0.4) is 0 Å². The number of amides is 2. The Morgan fingerprint density at radius 2 is 1.68 bits per heavy atom. The van der Waals surface area contributed by atoms with Crippen molar-refractivity contribution in [1.82, 2.24) is 35.3 Å². The first kappa shape index (κ1) is 35.5. The molecule has 3 aromatic heterocycles. The van der Waals surface area contributed by atoms with Gasteiger partial charge in [0.25, 0.3) is 11.5 Å². The van der Waals surface area contributed by atoms with E-state index in [0.29, 0.717) is 23.4 Å². The normalized spacial score (nSPS) is 23.9. The van der Waals surface area contributed by atoms with Crippen molar-refractivity contribution in [3.8, 4) is 11.3 Å². The summed E-state index contributed by atoms with van der Waals surface area (Å²) in [6.45, 7) is 13.2. The molecule has 0 atom stereocenters. The highest BCUT2D eigenvalue weighted by molar-refractivity contribution is 6.11. The fourth-order valence-electron chi connectivity index (χ4n) is 10.5. The standard InChI is InChI=1S/C42H54N8O3/c1-26(2)50-35-7-5-6-33(40(52)45-25-34-27(3)16-28(4)46-41(34)53)38(35)39(47-50)32-8-9-36(44-24-32)49-14-12-48(13-15-49)11-10-43-37(51)23-42-20-29-17-30(21-42)19-31(18-29)22-42/h5-9,16,24,26,29-31H,10-15,17-23,25H2,1-4H3,(H,43,51)(H,45,52)(H,46,53). The molecular formula is C42H54N8O3. The number of benzene rings is 1. The van der Waals surface area contributed by atoms with Gasteiger partial charge in [-0.25, -0.2) is 4.98 Å². The van der Waals surface area contributed by atoms with E-state index in [0.717, 1.165) is 90.4 Å². The van der Waals surface area contributed by atoms with Gasteiger partial charge in [-0.3, -0.25) is 24.0 Å². The highest BCUT2D eigenvalue weighted by atomic mass is 16.2. The molecule has 5 fully saturated rings. The Bertz CT molecular complexity index is 2020. The minimum absolute atomic E-state index is 0.0805. The van der Waals surface area contributed by atoms with Crippen LogP contribution in [-0.2, 0) is 11.3 Å². The summed E-state index contributed by atoms with van der Waals surface area (Å²) in [6, 6.07) is 11.8. The van der Waals surface area contributed by atoms with E-state index in [1.807, 2.05) is 61.1 Å². The number of nitrogens with one attached hydrogen (secondary N) is 3. The van der Waals surface area contributed by atoms with Crippen LogP contribution in [0.2, 0.25) is 0 Å². The van der Waals surface area contributed by atoms with Gasteiger partial charge in [-0.15, -0.1) is 0 Å². The Kier molecular flexibility index (Phi) is 9.64. The summed E-state index contributed by atoms with van der Waals surface area (Å²) in [5, 5.41) is 12.0. The van der Waals surface area contributed by atoms with E-state index in [4.69, 9.17) is 10.1 Å². The number of fused-ring (bicyclic) bond motifs is 1. The van der Waals surface area contributed by atoms with E-state index >= 15 is 0 Å². The van der Waals surface area contributed by atoms with Crippen molar-refractivity contribution in [3.05, 3.63) is 75.3 Å². The lowest BCUT2D eigenvalue weighted by Crippen LogP contribution is -2.50. The maximum absolute atomic E-state index is 13.7. The van der Waals surface area contributed by atoms with E-state index in [9.17, 15) is 14.4 Å². The number of aryl methyl sites for hydroxylation is 2. The number of aromatic nitrogens is 4. The second-order valence-corrected chi connectivity index (χ2v) is 16.9. The molecule has 11 heteroatoms. The molecule has 3 N–H and O–H groups in total. The van der Waals surface area contributed by atoms with Crippen LogP contribution in [-0.4, -0.2) is 75.7 Å². The number of aromatic amines is 1. The minimum atomic E-state index is -0.260. The maximum Gasteiger partial charge on any atom is 0.253 e. The van der Waals surface area contributed by atoms with Gasteiger partial charge in [-0.1, -0.05) is 6.07 Å². The third-order valence-electron chi connectivity index (χ3n) is 12.6. The van der Waals surface area contributed by atoms with Crippen LogP contribution in [0.5, 0.6) is 0 Å². The van der Waals surface area contributed by atoms with Crippen molar-refractivity contribution < 1.29 is 9.59 Å². The van der Waals surface area contributed by atoms with Gasteiger partial charge < -0.3 is 20.5 Å². The van der Waals surface area contributed by atoms with Crippen molar-refractivity contribution in [2.24, 2.45) is 23.2 Å². The summed E-state index contributed by atoms with van der Waals surface area (Å²) < 4.78 is 1.95. The molecule has 1 aromatic carbocycles. The Labute approximate surface area is 311 Å². The van der Waals surface area contributed by atoms with Crippen LogP contribution in [0.4, 0.5) is 5.82 Å². The van der Waals surface area contributed by atoms with Crippen LogP contribution in [0, 0.1) is 37.0 Å². The lowest BCUT2D eigenvalue weighted by atomic mass is 9.49. The Balaban J connectivity index is 0.889. The summed E-state index contributed by atoms with van der Waals surface area (Å²) in [5.74, 6) is 3.54. The fourth-order valence-corrected chi connectivity index (χ4v) is 10.5. The van der Waals surface area contributed by atoms with E-state index < -0.39 is 0 Å². The van der Waals surface area contributed by atoms with Crippen LogP contribution < -0.4 is 21.1 Å². The van der Waals surface area contributed by atoms with Gasteiger partial charge in [-0.05, 0) is 125 Å². The Morgan fingerprint density at radius 1 is 0.962 bits per heavy atom. The van der Waals surface area contributed by atoms with Gasteiger partial charge >= 0.3 is 0 Å². The summed E-state index contributed by atoms with van der Waals surface area (Å²) in [5.41, 5.74) is 5.21. The number of piperazine rings is 1. The van der Waals surface area contributed by atoms with Gasteiger partial charge in [0.15, 0.2) is 0 Å². The first-order chi connectivity index (χ1) is 25.5. The zero-order valence-corrected chi connectivity index (χ0v) is 31.7. The fraction of sp³-hybridized carbons (Fsp3) is 0.548. The second kappa shape index (κ2) is 14.4. The number of rotatable bonds is 11. The quantitative estimate of drug-likeness (QED) is 0.180. The van der Waals surface area contributed by atoms with Gasteiger partial charge in [0.05, 0.1) is 11.1 Å². The molecule has 2 amide bonds. The minimum Gasteiger partial charge on any atom is -0.355 e. The molecule has 1 saturated heterocycles. The average Bonchev–Trinajstić information content (AvgIpc) is 3.51. The summed E-state index contributed by atoms with van der Waals surface area (Å²) in [6.07, 6.45) is 10.6. The number of hydrogen-bond acceptors (Lipinski definition) is 7. The number of H-pyrrole nitrogens is 1. The molecule has 11 nitrogen and oxygen atoms in total. The number of carbonyl (C=O) groups is 2. The lowest BCUT2D eigenvalue weighted by molar-refractivity contribution is -0.129. The van der Waals surface area contributed by atoms with Gasteiger partial charge in [0.1, 0.15) is 11.5 Å². The molecule has 0 radical (unpaired) electrons. The summed E-state index contributed by atoms with van der Waals surface area (Å²) >= 11 is 0. The molecule has 4 aliphatic carbocycles. The van der Waals surface area contributed by atoms with Crippen molar-refractivity contribution >= 4 is 28.5 Å². The van der Waals surface area contributed by atoms with Crippen LogP contribution in [0.1, 0.15) is 92.0 Å². The van der Waals surface area contributed by atoms with Crippen molar-refractivity contribution in [3.63, 3.8) is 0 Å². The topological polar surface area (TPSA) is 128 Å². The molecule has 4 saturated carbocycles. The number of nitrogens with zero attached hydrogens (tertiary/aromatic N) is 5. The van der Waals surface area contributed by atoms with Crippen LogP contribution in [0.15, 0.2) is 47.4 Å². The highest BCUT2D eigenvalue weighted by Gasteiger charge is 2.51. The predicted octanol–water partition coefficient (Wildman–Crippen LogP) is 5.76. The molecule has 4 bridgehead atoms. The molecule has 1 aliphatic heterocycles. The summed E-state index contributed by atoms with van der Waals surface area (Å²) in [4.78, 5) is 51.8. The Hall–Kier alpha value is -4.51. The number of anilines is 1. The number of pyridine rings is 2. The molecule has 9 rings (SSSR count). The molecule has 280 valence electrons. The zero-order valence-electron chi connectivity index (χ0n) is 31.7. The smallest absolute Gasteiger partial charge is 0.253 e. The van der Waals surface area contributed by atoms with Crippen LogP contribution in [0.25, 0.3) is 22.2 Å². The van der Waals surface area contributed by atoms with Crippen molar-refractivity contribution in [2.75, 3.05) is 44.2 Å². The monoisotopic (exact) mass is 718 g/mol. The van der Waals surface area contributed by atoms with E-state index in [1.165, 1.54) is 38.5 Å². The first-order valence-corrected chi connectivity index (χ1v) is 19.7. The SMILES string of the molecule is Cc1cc(C)c(CNC(=O)c2cccc3c2c(-c2ccc(N4CCN(CCNC(=O)CC56CC7CC(CC(C7)C5)C6)CC4)nc2)nn3C(C)C)c(=O)[nH]1. The van der Waals surface area contributed by atoms with Crippen molar-refractivity contribution in [1.29, 1.82) is 0 Å². The Morgan fingerprint density at radius 3 is 2.32 bits per heavy atom. The second-order valence-electron chi connectivity index (χ2n) is 16.9. The largest absolute Gasteiger partial charge is 0.355 e. The van der Waals surface area contributed by atoms with Gasteiger partial charge in [0, 0.05) is 86.7 Å². The molecule has 4 aromatic rings. The molecule has 53 heavy (non-hydrogen) atoms. The zero-order chi connectivity index (χ0) is 36.9. The van der Waals surface area contributed by atoms with Gasteiger partial charge in [0.2, 0.25) is 5.91 Å². The molecule has 5 aliphatic rings. The molecule has 0 unspecified atom stereocenters. The molecule has 0 spiro atoms. The van der Waals surface area contributed by atoms with Crippen LogP contribution >= 0.6 is 0 Å². The third-order valence-corrected chi connectivity index (χ3v) is 12.6. The number of hydrogen-bond donors (Lipinski definition) is 3. The average molecular weight is 719 g/mol. The van der Waals surface area contributed by atoms with Crippen molar-refractivity contribution in [2.45, 2.75) is 85.2 Å². The summed E-state index contributed by atoms with van der Waals surface area (Å²) in [7, 11) is 0. The molecular weight excluding hydrogens is 665 g/mol. The maximum atomic E-state index is 13.7. The van der Waals surface area contributed by atoms with E-state index in [2.05, 4.69) is 39.3 Å². The van der Waals surface area contributed by atoms with E-state index in [-0.39, 0.29) is 35.4 Å². The van der Waals surface area contributed by atoms with E-state index in [1.54, 1.807) is 0 Å². The first-order valence-electron chi connectivity index (χ1n) is 19.7. The predicted molar refractivity (Wildman–Crippen MR) is 208 cm³/mol. The number of carbonyl (C=O) groups excluding carboxylic acids is 2. The third kappa shape index (κ3) is 7.24.